The van der Waals surface area contributed by atoms with Gasteiger partial charge in [0.25, 0.3) is 5.91 Å². The number of nitrogens with zero attached hydrogens (tertiary/aromatic N) is 4. The summed E-state index contributed by atoms with van der Waals surface area (Å²) >= 11 is 0. The highest BCUT2D eigenvalue weighted by molar-refractivity contribution is 5.95. The number of ketones is 1. The van der Waals surface area contributed by atoms with Crippen molar-refractivity contribution < 1.29 is 18.4 Å². The number of benzene rings is 2. The molecular formula is C25H24F2N4O2. The maximum Gasteiger partial charge on any atom is 0.274 e. The number of carbonyl (C=O) groups excluding carboxylic acids is 2. The predicted octanol–water partition coefficient (Wildman–Crippen LogP) is 3.80. The fourth-order valence-corrected chi connectivity index (χ4v) is 4.71. The third-order valence-corrected chi connectivity index (χ3v) is 6.48. The number of fused-ring (bicyclic) bond motifs is 1. The molecule has 1 fully saturated rings. The van der Waals surface area contributed by atoms with Crippen LogP contribution in [0.2, 0.25) is 0 Å². The number of piperazine rings is 1. The molecule has 2 heterocycles. The lowest BCUT2D eigenvalue weighted by Crippen LogP contribution is -2.49. The van der Waals surface area contributed by atoms with Crippen LogP contribution in [-0.4, -0.2) is 52.5 Å². The number of para-hydroxylation sites is 1. The molecule has 0 bridgehead atoms. The second kappa shape index (κ2) is 8.42. The van der Waals surface area contributed by atoms with Crippen molar-refractivity contribution >= 4 is 17.4 Å². The molecule has 1 aromatic heterocycles. The van der Waals surface area contributed by atoms with Crippen molar-refractivity contribution in [1.82, 2.24) is 14.7 Å². The molecule has 1 amide bonds. The van der Waals surface area contributed by atoms with E-state index in [-0.39, 0.29) is 17.5 Å². The monoisotopic (exact) mass is 450 g/mol. The molecule has 0 spiro atoms. The highest BCUT2D eigenvalue weighted by Crippen LogP contribution is 2.30. The summed E-state index contributed by atoms with van der Waals surface area (Å²) in [7, 11) is 0. The highest BCUT2D eigenvalue weighted by Gasteiger charge is 2.32. The Kier molecular flexibility index (Phi) is 5.44. The SMILES string of the molecule is CC(=O)c1ccc(N2CCN(C(=O)c3nn(-c4ccccc4F)c4c3CCC4)CC2)c(F)c1. The van der Waals surface area contributed by atoms with Crippen LogP contribution in [0.3, 0.4) is 0 Å². The van der Waals surface area contributed by atoms with Gasteiger partial charge < -0.3 is 9.80 Å². The van der Waals surface area contributed by atoms with E-state index in [1.54, 1.807) is 39.9 Å². The highest BCUT2D eigenvalue weighted by atomic mass is 19.1. The zero-order chi connectivity index (χ0) is 23.1. The fourth-order valence-electron chi connectivity index (χ4n) is 4.71. The molecule has 2 aliphatic rings. The molecule has 5 rings (SSSR count). The van der Waals surface area contributed by atoms with Crippen LogP contribution in [0.25, 0.3) is 5.69 Å². The molecule has 0 radical (unpaired) electrons. The van der Waals surface area contributed by atoms with Crippen molar-refractivity contribution in [2.24, 2.45) is 0 Å². The van der Waals surface area contributed by atoms with Crippen molar-refractivity contribution in [3.05, 3.63) is 76.6 Å². The summed E-state index contributed by atoms with van der Waals surface area (Å²) < 4.78 is 30.5. The first-order valence-corrected chi connectivity index (χ1v) is 11.1. The van der Waals surface area contributed by atoms with Crippen molar-refractivity contribution in [2.75, 3.05) is 31.1 Å². The predicted molar refractivity (Wildman–Crippen MR) is 120 cm³/mol. The molecule has 33 heavy (non-hydrogen) atoms. The van der Waals surface area contributed by atoms with E-state index < -0.39 is 5.82 Å². The molecule has 2 aromatic carbocycles. The normalized spacial score (nSPS) is 15.6. The van der Waals surface area contributed by atoms with E-state index in [9.17, 15) is 18.4 Å². The average molecular weight is 450 g/mol. The molecule has 1 aliphatic heterocycles. The van der Waals surface area contributed by atoms with Gasteiger partial charge in [0.15, 0.2) is 11.5 Å². The maximum atomic E-state index is 14.5. The Morgan fingerprint density at radius 1 is 0.909 bits per heavy atom. The number of aromatic nitrogens is 2. The first-order chi connectivity index (χ1) is 15.9. The van der Waals surface area contributed by atoms with E-state index in [2.05, 4.69) is 5.10 Å². The molecular weight excluding hydrogens is 426 g/mol. The number of hydrogen-bond donors (Lipinski definition) is 0. The molecule has 0 saturated carbocycles. The van der Waals surface area contributed by atoms with Crippen LogP contribution in [0, 0.1) is 11.6 Å². The summed E-state index contributed by atoms with van der Waals surface area (Å²) in [4.78, 5) is 28.4. The summed E-state index contributed by atoms with van der Waals surface area (Å²) in [6.45, 7) is 3.20. The maximum absolute atomic E-state index is 14.5. The smallest absolute Gasteiger partial charge is 0.274 e. The topological polar surface area (TPSA) is 58.4 Å². The van der Waals surface area contributed by atoms with Crippen LogP contribution in [0.4, 0.5) is 14.5 Å². The summed E-state index contributed by atoms with van der Waals surface area (Å²) in [6.07, 6.45) is 2.41. The van der Waals surface area contributed by atoms with Crippen molar-refractivity contribution in [3.63, 3.8) is 0 Å². The van der Waals surface area contributed by atoms with Crippen LogP contribution < -0.4 is 4.90 Å². The first-order valence-electron chi connectivity index (χ1n) is 11.1. The lowest BCUT2D eigenvalue weighted by atomic mass is 10.1. The van der Waals surface area contributed by atoms with Gasteiger partial charge in [-0.15, -0.1) is 0 Å². The number of carbonyl (C=O) groups is 2. The molecule has 1 aliphatic carbocycles. The van der Waals surface area contributed by atoms with Gasteiger partial charge in [0, 0.05) is 43.0 Å². The number of Topliss-reactive ketones (excluding diaryl/α,β-unsaturated/α-hetero) is 1. The number of halogens is 2. The lowest BCUT2D eigenvalue weighted by molar-refractivity contribution is 0.0739. The van der Waals surface area contributed by atoms with Gasteiger partial charge in [-0.1, -0.05) is 12.1 Å². The molecule has 8 heteroatoms. The quantitative estimate of drug-likeness (QED) is 0.568. The minimum absolute atomic E-state index is 0.171. The van der Waals surface area contributed by atoms with Gasteiger partial charge in [-0.3, -0.25) is 9.59 Å². The Balaban J connectivity index is 1.35. The van der Waals surface area contributed by atoms with E-state index >= 15 is 0 Å². The standard InChI is InChI=1S/C25H24F2N4O2/c1-16(32)17-9-10-22(20(27)15-17)29-11-13-30(14-12-29)25(33)24-18-5-4-8-21(18)31(28-24)23-7-3-2-6-19(23)26/h2-3,6-7,9-10,15H,4-5,8,11-14H2,1H3. The van der Waals surface area contributed by atoms with Gasteiger partial charge in [0.2, 0.25) is 0 Å². The summed E-state index contributed by atoms with van der Waals surface area (Å²) in [6, 6.07) is 10.9. The third-order valence-electron chi connectivity index (χ3n) is 6.48. The molecule has 1 saturated heterocycles. The minimum Gasteiger partial charge on any atom is -0.366 e. The van der Waals surface area contributed by atoms with E-state index in [1.165, 1.54) is 19.1 Å². The number of rotatable bonds is 4. The van der Waals surface area contributed by atoms with Crippen molar-refractivity contribution in [3.8, 4) is 5.69 Å². The van der Waals surface area contributed by atoms with Crippen molar-refractivity contribution in [1.29, 1.82) is 0 Å². The van der Waals surface area contributed by atoms with Crippen LogP contribution in [-0.2, 0) is 12.8 Å². The third kappa shape index (κ3) is 3.79. The summed E-state index contributed by atoms with van der Waals surface area (Å²) in [5.41, 5.74) is 3.30. The Bertz CT molecular complexity index is 1250. The lowest BCUT2D eigenvalue weighted by Gasteiger charge is -2.36. The second-order valence-electron chi connectivity index (χ2n) is 8.49. The molecule has 0 unspecified atom stereocenters. The van der Waals surface area contributed by atoms with Gasteiger partial charge in [-0.25, -0.2) is 13.5 Å². The minimum atomic E-state index is -0.441. The molecule has 0 atom stereocenters. The van der Waals surface area contributed by atoms with Crippen LogP contribution in [0.1, 0.15) is 45.4 Å². The first kappa shape index (κ1) is 21.3. The zero-order valence-electron chi connectivity index (χ0n) is 18.4. The second-order valence-corrected chi connectivity index (χ2v) is 8.49. The van der Waals surface area contributed by atoms with E-state index in [0.717, 1.165) is 30.5 Å². The Labute approximate surface area is 190 Å². The number of amides is 1. The van der Waals surface area contributed by atoms with E-state index in [1.807, 2.05) is 4.90 Å². The van der Waals surface area contributed by atoms with Gasteiger partial charge in [0.05, 0.1) is 5.69 Å². The Hall–Kier alpha value is -3.55. The zero-order valence-corrected chi connectivity index (χ0v) is 18.4. The average Bonchev–Trinajstić information content (AvgIpc) is 3.42. The van der Waals surface area contributed by atoms with Crippen LogP contribution in [0.15, 0.2) is 42.5 Å². The molecule has 3 aromatic rings. The largest absolute Gasteiger partial charge is 0.366 e. The number of anilines is 1. The van der Waals surface area contributed by atoms with Crippen LogP contribution >= 0.6 is 0 Å². The summed E-state index contributed by atoms with van der Waals surface area (Å²) in [5, 5.41) is 4.54. The fraction of sp³-hybridized carbons (Fsp3) is 0.320. The van der Waals surface area contributed by atoms with Crippen LogP contribution in [0.5, 0.6) is 0 Å². The van der Waals surface area contributed by atoms with E-state index in [0.29, 0.717) is 48.8 Å². The van der Waals surface area contributed by atoms with Gasteiger partial charge in [-0.05, 0) is 56.5 Å². The number of hydrogen-bond acceptors (Lipinski definition) is 4. The van der Waals surface area contributed by atoms with Crippen molar-refractivity contribution in [2.45, 2.75) is 26.2 Å². The molecule has 170 valence electrons. The summed E-state index contributed by atoms with van der Waals surface area (Å²) in [5.74, 6) is -1.17. The van der Waals surface area contributed by atoms with E-state index in [4.69, 9.17) is 0 Å². The van der Waals surface area contributed by atoms with Gasteiger partial charge in [-0.2, -0.15) is 5.10 Å². The Morgan fingerprint density at radius 3 is 2.36 bits per heavy atom. The molecule has 6 nitrogen and oxygen atoms in total. The Morgan fingerprint density at radius 2 is 1.67 bits per heavy atom. The molecule has 0 N–H and O–H groups in total. The van der Waals surface area contributed by atoms with Gasteiger partial charge in [0.1, 0.15) is 17.3 Å². The van der Waals surface area contributed by atoms with Gasteiger partial charge >= 0.3 is 0 Å².